The van der Waals surface area contributed by atoms with Gasteiger partial charge in [-0.2, -0.15) is 13.2 Å². The third kappa shape index (κ3) is 4.87. The number of nitrogens with one attached hydrogen (secondary N) is 1. The first-order chi connectivity index (χ1) is 11.7. The topological polar surface area (TPSA) is 56.9 Å². The zero-order valence-corrected chi connectivity index (χ0v) is 15.2. The Morgan fingerprint density at radius 1 is 1.28 bits per heavy atom. The third-order valence-electron chi connectivity index (χ3n) is 4.54. The van der Waals surface area contributed by atoms with E-state index in [1.54, 1.807) is 0 Å². The Morgan fingerprint density at radius 2 is 1.92 bits per heavy atom. The molecule has 1 aromatic rings. The van der Waals surface area contributed by atoms with Crippen molar-refractivity contribution in [2.24, 2.45) is 4.99 Å². The number of halogens is 3. The number of guanidine groups is 1. The van der Waals surface area contributed by atoms with Gasteiger partial charge in [-0.1, -0.05) is 5.16 Å². The highest BCUT2D eigenvalue weighted by Gasteiger charge is 2.41. The van der Waals surface area contributed by atoms with E-state index in [2.05, 4.69) is 15.5 Å². The van der Waals surface area contributed by atoms with Gasteiger partial charge in [-0.15, -0.1) is 0 Å². The molecular weight excluding hydrogens is 335 g/mol. The van der Waals surface area contributed by atoms with Crippen LogP contribution in [0.15, 0.2) is 9.52 Å². The summed E-state index contributed by atoms with van der Waals surface area (Å²) in [7, 11) is 0. The summed E-state index contributed by atoms with van der Waals surface area (Å²) >= 11 is 0. The second kappa shape index (κ2) is 8.07. The fourth-order valence-electron chi connectivity index (χ4n) is 2.84. The van der Waals surface area contributed by atoms with Crippen LogP contribution in [0.3, 0.4) is 0 Å². The van der Waals surface area contributed by atoms with Crippen molar-refractivity contribution in [2.75, 3.05) is 32.7 Å². The van der Waals surface area contributed by atoms with Crippen LogP contribution in [0.5, 0.6) is 0 Å². The summed E-state index contributed by atoms with van der Waals surface area (Å²) < 4.78 is 43.7. The van der Waals surface area contributed by atoms with Crippen LogP contribution in [-0.4, -0.2) is 65.9 Å². The van der Waals surface area contributed by atoms with Crippen molar-refractivity contribution in [2.45, 2.75) is 46.5 Å². The molecule has 0 spiro atoms. The van der Waals surface area contributed by atoms with Gasteiger partial charge in [0, 0.05) is 38.3 Å². The number of rotatable bonds is 4. The van der Waals surface area contributed by atoms with E-state index in [0.29, 0.717) is 45.2 Å². The number of nitrogens with zero attached hydrogens (tertiary/aromatic N) is 4. The molecule has 0 aromatic carbocycles. The molecule has 25 heavy (non-hydrogen) atoms. The molecule has 1 N–H and O–H groups in total. The Hall–Kier alpha value is -1.77. The summed E-state index contributed by atoms with van der Waals surface area (Å²) in [6.07, 6.45) is -4.19. The minimum atomic E-state index is -4.19. The van der Waals surface area contributed by atoms with Crippen LogP contribution in [-0.2, 0) is 6.54 Å². The fraction of sp³-hybridized carbons (Fsp3) is 0.750. The second-order valence-corrected chi connectivity index (χ2v) is 6.21. The molecule has 1 aliphatic rings. The maximum Gasteiger partial charge on any atom is 0.403 e. The van der Waals surface area contributed by atoms with E-state index in [4.69, 9.17) is 4.52 Å². The van der Waals surface area contributed by atoms with Gasteiger partial charge in [-0.3, -0.25) is 4.90 Å². The summed E-state index contributed by atoms with van der Waals surface area (Å²) in [6, 6.07) is -1.42. The number of aryl methyl sites for hydroxylation is 2. The molecule has 1 unspecified atom stereocenters. The minimum Gasteiger partial charge on any atom is -0.361 e. The molecule has 0 amide bonds. The average Bonchev–Trinajstić information content (AvgIpc) is 2.88. The minimum absolute atomic E-state index is 0.358. The predicted molar refractivity (Wildman–Crippen MR) is 89.5 cm³/mol. The Balaban J connectivity index is 2.01. The maximum atomic E-state index is 12.9. The monoisotopic (exact) mass is 361 g/mol. The summed E-state index contributed by atoms with van der Waals surface area (Å²) in [5, 5.41) is 7.13. The molecule has 0 aliphatic carbocycles. The van der Waals surface area contributed by atoms with E-state index in [0.717, 1.165) is 17.0 Å². The highest BCUT2D eigenvalue weighted by molar-refractivity contribution is 5.80. The van der Waals surface area contributed by atoms with Gasteiger partial charge in [-0.25, -0.2) is 4.99 Å². The summed E-state index contributed by atoms with van der Waals surface area (Å²) in [6.45, 7) is 9.75. The Labute approximate surface area is 146 Å². The van der Waals surface area contributed by atoms with Gasteiger partial charge in [0.25, 0.3) is 0 Å². The number of alkyl halides is 3. The van der Waals surface area contributed by atoms with E-state index in [1.807, 2.05) is 25.7 Å². The van der Waals surface area contributed by atoms with Crippen molar-refractivity contribution in [3.63, 3.8) is 0 Å². The molecule has 2 heterocycles. The smallest absolute Gasteiger partial charge is 0.361 e. The van der Waals surface area contributed by atoms with E-state index in [-0.39, 0.29) is 0 Å². The van der Waals surface area contributed by atoms with Crippen LogP contribution in [0.1, 0.15) is 30.9 Å². The van der Waals surface area contributed by atoms with Gasteiger partial charge in [0.15, 0.2) is 5.96 Å². The quantitative estimate of drug-likeness (QED) is 0.659. The average molecular weight is 361 g/mol. The predicted octanol–water partition coefficient (Wildman–Crippen LogP) is 2.33. The number of aromatic nitrogens is 1. The largest absolute Gasteiger partial charge is 0.403 e. The van der Waals surface area contributed by atoms with Gasteiger partial charge < -0.3 is 14.7 Å². The van der Waals surface area contributed by atoms with Crippen molar-refractivity contribution in [1.82, 2.24) is 20.3 Å². The van der Waals surface area contributed by atoms with Crippen LogP contribution in [0.25, 0.3) is 0 Å². The molecule has 0 saturated carbocycles. The molecule has 9 heteroatoms. The van der Waals surface area contributed by atoms with Gasteiger partial charge >= 0.3 is 6.18 Å². The summed E-state index contributed by atoms with van der Waals surface area (Å²) in [5.74, 6) is 1.45. The van der Waals surface area contributed by atoms with Gasteiger partial charge in [0.1, 0.15) is 11.8 Å². The van der Waals surface area contributed by atoms with E-state index in [1.165, 1.54) is 11.8 Å². The molecule has 0 bridgehead atoms. The van der Waals surface area contributed by atoms with Gasteiger partial charge in [-0.05, 0) is 27.7 Å². The first kappa shape index (κ1) is 19.6. The number of hydrogen-bond donors (Lipinski definition) is 1. The first-order valence-electron chi connectivity index (χ1n) is 8.49. The zero-order chi connectivity index (χ0) is 18.6. The first-order valence-corrected chi connectivity index (χ1v) is 8.49. The zero-order valence-electron chi connectivity index (χ0n) is 15.2. The van der Waals surface area contributed by atoms with Crippen LogP contribution >= 0.6 is 0 Å². The molecule has 0 radical (unpaired) electrons. The second-order valence-electron chi connectivity index (χ2n) is 6.21. The molecule has 1 atom stereocenters. The molecule has 1 saturated heterocycles. The van der Waals surface area contributed by atoms with Crippen molar-refractivity contribution < 1.29 is 17.7 Å². The Morgan fingerprint density at radius 3 is 2.40 bits per heavy atom. The Kier molecular flexibility index (Phi) is 6.31. The lowest BCUT2D eigenvalue weighted by atomic mass is 10.2. The summed E-state index contributed by atoms with van der Waals surface area (Å²) in [5.41, 5.74) is 1.75. The lowest BCUT2D eigenvalue weighted by molar-refractivity contribution is -0.181. The van der Waals surface area contributed by atoms with Crippen LogP contribution in [0.2, 0.25) is 0 Å². The molecule has 1 aromatic heterocycles. The molecule has 1 fully saturated rings. The number of hydrogen-bond acceptors (Lipinski definition) is 4. The van der Waals surface area contributed by atoms with Crippen molar-refractivity contribution in [1.29, 1.82) is 0 Å². The van der Waals surface area contributed by atoms with Crippen molar-refractivity contribution in [3.05, 3.63) is 17.0 Å². The number of piperazine rings is 1. The lowest BCUT2D eigenvalue weighted by Gasteiger charge is -2.39. The SMILES string of the molecule is CCNC(=NCc1c(C)noc1C)N1CCN(C(C)C(F)(F)F)CC1. The fourth-order valence-corrected chi connectivity index (χ4v) is 2.84. The van der Waals surface area contributed by atoms with E-state index in [9.17, 15) is 13.2 Å². The van der Waals surface area contributed by atoms with Crippen molar-refractivity contribution >= 4 is 5.96 Å². The maximum absolute atomic E-state index is 12.9. The molecule has 142 valence electrons. The molecule has 1 aliphatic heterocycles. The van der Waals surface area contributed by atoms with Gasteiger partial charge in [0.2, 0.25) is 0 Å². The van der Waals surface area contributed by atoms with E-state index >= 15 is 0 Å². The van der Waals surface area contributed by atoms with E-state index < -0.39 is 12.2 Å². The third-order valence-corrected chi connectivity index (χ3v) is 4.54. The summed E-state index contributed by atoms with van der Waals surface area (Å²) in [4.78, 5) is 8.08. The Bertz CT molecular complexity index is 572. The highest BCUT2D eigenvalue weighted by atomic mass is 19.4. The normalized spacial score (nSPS) is 18.5. The molecule has 2 rings (SSSR count). The lowest BCUT2D eigenvalue weighted by Crippen LogP contribution is -2.56. The van der Waals surface area contributed by atoms with Crippen LogP contribution in [0, 0.1) is 13.8 Å². The van der Waals surface area contributed by atoms with Crippen LogP contribution in [0.4, 0.5) is 13.2 Å². The molecule has 6 nitrogen and oxygen atoms in total. The highest BCUT2D eigenvalue weighted by Crippen LogP contribution is 2.25. The van der Waals surface area contributed by atoms with Crippen molar-refractivity contribution in [3.8, 4) is 0 Å². The van der Waals surface area contributed by atoms with Crippen LogP contribution < -0.4 is 5.32 Å². The van der Waals surface area contributed by atoms with Gasteiger partial charge in [0.05, 0.1) is 12.2 Å². The number of aliphatic imine (C=N–C) groups is 1. The molecular formula is C16H26F3N5O. The standard InChI is InChI=1S/C16H26F3N5O/c1-5-20-15(21-10-14-11(2)22-25-12(14)3)24-8-6-23(7-9-24)13(4)16(17,18)19/h13H,5-10H2,1-4H3,(H,20,21).